The Morgan fingerprint density at radius 3 is 2.59 bits per heavy atom. The Balaban J connectivity index is 2.56. The van der Waals surface area contributed by atoms with E-state index in [-0.39, 0.29) is 11.3 Å². The van der Waals surface area contributed by atoms with Crippen LogP contribution in [0.3, 0.4) is 0 Å². The number of hydrogen-bond acceptors (Lipinski definition) is 3. The quantitative estimate of drug-likeness (QED) is 0.664. The van der Waals surface area contributed by atoms with Crippen LogP contribution in [0.4, 0.5) is 5.69 Å². The lowest BCUT2D eigenvalue weighted by molar-refractivity contribution is 0.0980. The van der Waals surface area contributed by atoms with Crippen molar-refractivity contribution >= 4 is 27.4 Å². The van der Waals surface area contributed by atoms with E-state index < -0.39 is 0 Å². The molecule has 0 aliphatic heterocycles. The summed E-state index contributed by atoms with van der Waals surface area (Å²) in [5.74, 6) is 0.112. The minimum absolute atomic E-state index is 0.0407. The normalized spacial score (nSPS) is 11.5. The molecular formula is C13H19BrN2O. The van der Waals surface area contributed by atoms with Crippen molar-refractivity contribution in [3.63, 3.8) is 0 Å². The first-order valence-electron chi connectivity index (χ1n) is 5.63. The lowest BCUT2D eigenvalue weighted by Crippen LogP contribution is -2.37. The summed E-state index contributed by atoms with van der Waals surface area (Å²) in [6.45, 7) is 6.91. The number of halogens is 1. The Kier molecular flexibility index (Phi) is 4.71. The van der Waals surface area contributed by atoms with Gasteiger partial charge in [-0.25, -0.2) is 0 Å². The van der Waals surface area contributed by atoms with Crippen molar-refractivity contribution in [3.05, 3.63) is 28.2 Å². The first kappa shape index (κ1) is 14.2. The molecule has 0 atom stereocenters. The molecule has 1 aromatic rings. The van der Waals surface area contributed by atoms with E-state index >= 15 is 0 Å². The van der Waals surface area contributed by atoms with Gasteiger partial charge in [-0.15, -0.1) is 0 Å². The van der Waals surface area contributed by atoms with Crippen LogP contribution in [-0.4, -0.2) is 17.9 Å². The second kappa shape index (κ2) is 5.65. The van der Waals surface area contributed by atoms with Gasteiger partial charge in [0.25, 0.3) is 0 Å². The van der Waals surface area contributed by atoms with Gasteiger partial charge in [-0.05, 0) is 48.8 Å². The molecule has 94 valence electrons. The lowest BCUT2D eigenvalue weighted by atomic mass is 10.1. The number of Topliss-reactive ketones (excluding diaryl/α,β-unsaturated/α-hetero) is 1. The number of carbonyl (C=O) groups is 1. The third-order valence-electron chi connectivity index (χ3n) is 2.33. The van der Waals surface area contributed by atoms with Crippen molar-refractivity contribution in [3.8, 4) is 0 Å². The molecule has 0 spiro atoms. The van der Waals surface area contributed by atoms with Crippen molar-refractivity contribution in [1.29, 1.82) is 0 Å². The molecule has 17 heavy (non-hydrogen) atoms. The molecule has 4 heteroatoms. The summed E-state index contributed by atoms with van der Waals surface area (Å²) in [7, 11) is 0. The van der Waals surface area contributed by atoms with Crippen molar-refractivity contribution in [1.82, 2.24) is 5.32 Å². The van der Waals surface area contributed by atoms with E-state index in [0.29, 0.717) is 24.2 Å². The van der Waals surface area contributed by atoms with Crippen LogP contribution in [0.15, 0.2) is 22.7 Å². The summed E-state index contributed by atoms with van der Waals surface area (Å²) in [6.07, 6.45) is 0.484. The predicted octanol–water partition coefficient (Wildman–Crippen LogP) is 2.99. The Morgan fingerprint density at radius 1 is 1.41 bits per heavy atom. The molecule has 0 unspecified atom stereocenters. The summed E-state index contributed by atoms with van der Waals surface area (Å²) < 4.78 is 0.821. The van der Waals surface area contributed by atoms with Crippen LogP contribution in [0, 0.1) is 0 Å². The number of ketones is 1. The molecule has 0 amide bonds. The molecule has 0 saturated carbocycles. The fourth-order valence-electron chi connectivity index (χ4n) is 1.41. The highest BCUT2D eigenvalue weighted by molar-refractivity contribution is 9.10. The number of benzene rings is 1. The lowest BCUT2D eigenvalue weighted by Gasteiger charge is -2.20. The van der Waals surface area contributed by atoms with Gasteiger partial charge in [-0.1, -0.05) is 6.07 Å². The maximum atomic E-state index is 11.9. The zero-order valence-electron chi connectivity index (χ0n) is 10.5. The van der Waals surface area contributed by atoms with E-state index in [0.717, 1.165) is 4.47 Å². The molecule has 0 fully saturated rings. The van der Waals surface area contributed by atoms with Gasteiger partial charge in [0.05, 0.1) is 0 Å². The number of nitrogens with one attached hydrogen (secondary N) is 1. The monoisotopic (exact) mass is 298 g/mol. The largest absolute Gasteiger partial charge is 0.398 e. The predicted molar refractivity (Wildman–Crippen MR) is 75.3 cm³/mol. The van der Waals surface area contributed by atoms with Gasteiger partial charge in [0.15, 0.2) is 5.78 Å². The molecular weight excluding hydrogens is 280 g/mol. The number of rotatable bonds is 4. The highest BCUT2D eigenvalue weighted by Crippen LogP contribution is 2.20. The maximum Gasteiger partial charge on any atom is 0.164 e. The third kappa shape index (κ3) is 4.88. The Bertz CT molecular complexity index is 410. The highest BCUT2D eigenvalue weighted by atomic mass is 79.9. The van der Waals surface area contributed by atoms with Crippen LogP contribution in [-0.2, 0) is 0 Å². The molecule has 0 radical (unpaired) electrons. The van der Waals surface area contributed by atoms with Gasteiger partial charge < -0.3 is 11.1 Å². The minimum atomic E-state index is 0.0407. The maximum absolute atomic E-state index is 11.9. The summed E-state index contributed by atoms with van der Waals surface area (Å²) in [5, 5.41) is 3.29. The molecule has 0 aromatic heterocycles. The van der Waals surface area contributed by atoms with E-state index in [1.807, 2.05) is 0 Å². The molecule has 0 aliphatic rings. The van der Waals surface area contributed by atoms with Gasteiger partial charge in [0, 0.05) is 34.2 Å². The average molecular weight is 299 g/mol. The molecule has 0 bridgehead atoms. The van der Waals surface area contributed by atoms with Crippen molar-refractivity contribution in [2.24, 2.45) is 0 Å². The first-order chi connectivity index (χ1) is 7.79. The number of hydrogen-bond donors (Lipinski definition) is 2. The van der Waals surface area contributed by atoms with Gasteiger partial charge in [-0.2, -0.15) is 0 Å². The van der Waals surface area contributed by atoms with Crippen molar-refractivity contribution in [2.45, 2.75) is 32.7 Å². The van der Waals surface area contributed by atoms with Crippen LogP contribution < -0.4 is 11.1 Å². The number of nitrogens with two attached hydrogens (primary N) is 1. The number of nitrogen functional groups attached to an aromatic ring is 1. The van der Waals surface area contributed by atoms with E-state index in [2.05, 4.69) is 42.0 Å². The van der Waals surface area contributed by atoms with Gasteiger partial charge in [-0.3, -0.25) is 4.79 Å². The third-order valence-corrected chi connectivity index (χ3v) is 3.05. The van der Waals surface area contributed by atoms with Gasteiger partial charge in [0.1, 0.15) is 0 Å². The molecule has 1 aromatic carbocycles. The average Bonchev–Trinajstić information content (AvgIpc) is 2.20. The molecule has 3 nitrogen and oxygen atoms in total. The van der Waals surface area contributed by atoms with Crippen LogP contribution in [0.1, 0.15) is 37.6 Å². The molecule has 1 rings (SSSR count). The highest BCUT2D eigenvalue weighted by Gasteiger charge is 2.11. The van der Waals surface area contributed by atoms with Crippen LogP contribution >= 0.6 is 15.9 Å². The molecule has 3 N–H and O–H groups in total. The smallest absolute Gasteiger partial charge is 0.164 e. The van der Waals surface area contributed by atoms with Crippen LogP contribution in [0.5, 0.6) is 0 Å². The summed E-state index contributed by atoms with van der Waals surface area (Å²) >= 11 is 3.31. The second-order valence-electron chi connectivity index (χ2n) is 5.09. The molecule has 0 saturated heterocycles. The van der Waals surface area contributed by atoms with Crippen molar-refractivity contribution in [2.75, 3.05) is 12.3 Å². The van der Waals surface area contributed by atoms with Crippen LogP contribution in [0.25, 0.3) is 0 Å². The Labute approximate surface area is 111 Å². The summed E-state index contributed by atoms with van der Waals surface area (Å²) in [4.78, 5) is 11.9. The Morgan fingerprint density at radius 2 is 2.06 bits per heavy atom. The van der Waals surface area contributed by atoms with Crippen LogP contribution in [0.2, 0.25) is 0 Å². The fraction of sp³-hybridized carbons (Fsp3) is 0.462. The summed E-state index contributed by atoms with van der Waals surface area (Å²) in [5.41, 5.74) is 7.05. The number of carbonyl (C=O) groups excluding carboxylic acids is 1. The zero-order chi connectivity index (χ0) is 13.1. The fourth-order valence-corrected chi connectivity index (χ4v) is 1.66. The zero-order valence-corrected chi connectivity index (χ0v) is 12.1. The standard InChI is InChI=1S/C13H19BrN2O/c1-13(2,3)16-7-6-12(17)9-4-5-10(14)11(15)8-9/h4-5,8,16H,6-7,15H2,1-3H3. The SMILES string of the molecule is CC(C)(C)NCCC(=O)c1ccc(Br)c(N)c1. The van der Waals surface area contributed by atoms with Crippen molar-refractivity contribution < 1.29 is 4.79 Å². The van der Waals surface area contributed by atoms with E-state index in [1.165, 1.54) is 0 Å². The minimum Gasteiger partial charge on any atom is -0.398 e. The van der Waals surface area contributed by atoms with E-state index in [1.54, 1.807) is 18.2 Å². The Hall–Kier alpha value is -0.870. The van der Waals surface area contributed by atoms with E-state index in [4.69, 9.17) is 5.73 Å². The molecule has 0 heterocycles. The first-order valence-corrected chi connectivity index (χ1v) is 6.42. The molecule has 0 aliphatic carbocycles. The second-order valence-corrected chi connectivity index (χ2v) is 5.94. The van der Waals surface area contributed by atoms with E-state index in [9.17, 15) is 4.79 Å². The van der Waals surface area contributed by atoms with Gasteiger partial charge in [0.2, 0.25) is 0 Å². The van der Waals surface area contributed by atoms with Gasteiger partial charge >= 0.3 is 0 Å². The summed E-state index contributed by atoms with van der Waals surface area (Å²) in [6, 6.07) is 5.31. The number of anilines is 1. The topological polar surface area (TPSA) is 55.1 Å².